The van der Waals surface area contributed by atoms with Crippen LogP contribution in [0.1, 0.15) is 40.0 Å². The van der Waals surface area contributed by atoms with Crippen molar-refractivity contribution in [1.82, 2.24) is 5.32 Å². The van der Waals surface area contributed by atoms with E-state index in [1.165, 1.54) is 11.1 Å². The van der Waals surface area contributed by atoms with E-state index in [1.807, 2.05) is 48.5 Å². The van der Waals surface area contributed by atoms with Gasteiger partial charge in [0.2, 0.25) is 0 Å². The molecule has 0 bridgehead atoms. The van der Waals surface area contributed by atoms with Crippen LogP contribution in [0, 0.1) is 0 Å². The maximum absolute atomic E-state index is 11.7. The number of rotatable bonds is 7. The number of carbonyl (C=O) groups is 1. The minimum Gasteiger partial charge on any atom is -0.496 e. The van der Waals surface area contributed by atoms with Gasteiger partial charge in [-0.1, -0.05) is 60.7 Å². The van der Waals surface area contributed by atoms with Gasteiger partial charge in [0.15, 0.2) is 5.78 Å². The summed E-state index contributed by atoms with van der Waals surface area (Å²) in [6.07, 6.45) is 0. The summed E-state index contributed by atoms with van der Waals surface area (Å²) in [5, 5.41) is 3.62. The van der Waals surface area contributed by atoms with Gasteiger partial charge in [0.25, 0.3) is 0 Å². The molecular formula is C23H23NO2. The normalized spacial score (nSPS) is 10.7. The van der Waals surface area contributed by atoms with Gasteiger partial charge >= 0.3 is 0 Å². The number of carbonyl (C=O) groups excluding carboxylic acids is 1. The van der Waals surface area contributed by atoms with E-state index in [2.05, 4.69) is 29.6 Å². The van der Waals surface area contributed by atoms with Gasteiger partial charge in [0.1, 0.15) is 5.75 Å². The molecule has 3 aromatic carbocycles. The van der Waals surface area contributed by atoms with Gasteiger partial charge in [-0.05, 0) is 36.2 Å². The standard InChI is InChI=1S/C23H23NO2/c1-17(25)20-13-14-22(26-2)21(15-20)16-24-23(18-9-5-3-6-10-18)19-11-7-4-8-12-19/h3-15,23-24H,16H2,1-2H3. The van der Waals surface area contributed by atoms with Crippen LogP contribution in [0.3, 0.4) is 0 Å². The van der Waals surface area contributed by atoms with E-state index in [-0.39, 0.29) is 11.8 Å². The van der Waals surface area contributed by atoms with E-state index in [0.29, 0.717) is 12.1 Å². The first kappa shape index (κ1) is 17.9. The highest BCUT2D eigenvalue weighted by Gasteiger charge is 2.15. The molecule has 3 nitrogen and oxygen atoms in total. The third kappa shape index (κ3) is 4.19. The predicted molar refractivity (Wildman–Crippen MR) is 105 cm³/mol. The van der Waals surface area contributed by atoms with Gasteiger partial charge < -0.3 is 10.1 Å². The Hall–Kier alpha value is -2.91. The zero-order valence-electron chi connectivity index (χ0n) is 15.1. The highest BCUT2D eigenvalue weighted by atomic mass is 16.5. The Bertz CT molecular complexity index is 820. The fourth-order valence-corrected chi connectivity index (χ4v) is 3.07. The van der Waals surface area contributed by atoms with Crippen LogP contribution in [0.25, 0.3) is 0 Å². The molecule has 0 unspecified atom stereocenters. The third-order valence-electron chi connectivity index (χ3n) is 4.45. The molecule has 0 saturated carbocycles. The molecule has 3 heteroatoms. The van der Waals surface area contributed by atoms with Crippen molar-refractivity contribution >= 4 is 5.78 Å². The Morgan fingerprint density at radius 2 is 1.50 bits per heavy atom. The summed E-state index contributed by atoms with van der Waals surface area (Å²) < 4.78 is 5.47. The van der Waals surface area contributed by atoms with Crippen molar-refractivity contribution in [2.75, 3.05) is 7.11 Å². The monoisotopic (exact) mass is 345 g/mol. The van der Waals surface area contributed by atoms with E-state index in [0.717, 1.165) is 11.3 Å². The van der Waals surface area contributed by atoms with Crippen molar-refractivity contribution < 1.29 is 9.53 Å². The van der Waals surface area contributed by atoms with Crippen molar-refractivity contribution in [2.45, 2.75) is 19.5 Å². The molecule has 0 aliphatic rings. The molecule has 0 heterocycles. The van der Waals surface area contributed by atoms with Crippen molar-refractivity contribution in [3.63, 3.8) is 0 Å². The second-order valence-corrected chi connectivity index (χ2v) is 6.22. The second-order valence-electron chi connectivity index (χ2n) is 6.22. The Morgan fingerprint density at radius 3 is 2.00 bits per heavy atom. The van der Waals surface area contributed by atoms with Gasteiger partial charge in [0.05, 0.1) is 13.2 Å². The number of hydrogen-bond donors (Lipinski definition) is 1. The molecular weight excluding hydrogens is 322 g/mol. The van der Waals surface area contributed by atoms with E-state index in [9.17, 15) is 4.79 Å². The first-order valence-electron chi connectivity index (χ1n) is 8.70. The Labute approximate surface area is 154 Å². The number of Topliss-reactive ketones (excluding diaryl/α,β-unsaturated/α-hetero) is 1. The molecule has 132 valence electrons. The summed E-state index contributed by atoms with van der Waals surface area (Å²) in [6, 6.07) is 26.3. The quantitative estimate of drug-likeness (QED) is 0.627. The summed E-state index contributed by atoms with van der Waals surface area (Å²) in [7, 11) is 1.65. The lowest BCUT2D eigenvalue weighted by Gasteiger charge is -2.21. The van der Waals surface area contributed by atoms with Crippen molar-refractivity contribution in [1.29, 1.82) is 0 Å². The van der Waals surface area contributed by atoms with Crippen LogP contribution in [0.5, 0.6) is 5.75 Å². The van der Waals surface area contributed by atoms with E-state index >= 15 is 0 Å². The number of ether oxygens (including phenoxy) is 1. The predicted octanol–water partition coefficient (Wildman–Crippen LogP) is 4.78. The van der Waals surface area contributed by atoms with Crippen LogP contribution in [0.15, 0.2) is 78.9 Å². The van der Waals surface area contributed by atoms with Crippen molar-refractivity contribution in [3.05, 3.63) is 101 Å². The lowest BCUT2D eigenvalue weighted by molar-refractivity contribution is 0.101. The van der Waals surface area contributed by atoms with E-state index < -0.39 is 0 Å². The van der Waals surface area contributed by atoms with Crippen LogP contribution in [-0.2, 0) is 6.54 Å². The molecule has 0 amide bonds. The maximum Gasteiger partial charge on any atom is 0.159 e. The minimum absolute atomic E-state index is 0.0524. The zero-order chi connectivity index (χ0) is 18.4. The lowest BCUT2D eigenvalue weighted by atomic mass is 9.98. The summed E-state index contributed by atoms with van der Waals surface area (Å²) in [5.74, 6) is 0.832. The Kier molecular flexibility index (Phi) is 5.82. The number of ketones is 1. The first-order chi connectivity index (χ1) is 12.7. The summed E-state index contributed by atoms with van der Waals surface area (Å²) in [6.45, 7) is 2.18. The maximum atomic E-state index is 11.7. The van der Waals surface area contributed by atoms with Gasteiger partial charge in [0, 0.05) is 17.7 Å². The van der Waals surface area contributed by atoms with Crippen LogP contribution < -0.4 is 10.1 Å². The van der Waals surface area contributed by atoms with Crippen LogP contribution in [-0.4, -0.2) is 12.9 Å². The van der Waals surface area contributed by atoms with Crippen molar-refractivity contribution in [3.8, 4) is 5.75 Å². The first-order valence-corrected chi connectivity index (χ1v) is 8.70. The molecule has 1 N–H and O–H groups in total. The van der Waals surface area contributed by atoms with Gasteiger partial charge in [-0.25, -0.2) is 0 Å². The Balaban J connectivity index is 1.89. The molecule has 0 aromatic heterocycles. The molecule has 0 fully saturated rings. The van der Waals surface area contributed by atoms with Gasteiger partial charge in [-0.3, -0.25) is 4.79 Å². The minimum atomic E-state index is 0.0524. The van der Waals surface area contributed by atoms with Crippen LogP contribution in [0.4, 0.5) is 0 Å². The summed E-state index contributed by atoms with van der Waals surface area (Å²) in [5.41, 5.74) is 4.05. The lowest BCUT2D eigenvalue weighted by Crippen LogP contribution is -2.22. The van der Waals surface area contributed by atoms with Crippen LogP contribution in [0.2, 0.25) is 0 Å². The molecule has 0 saturated heterocycles. The molecule has 26 heavy (non-hydrogen) atoms. The van der Waals surface area contributed by atoms with E-state index in [1.54, 1.807) is 20.1 Å². The largest absolute Gasteiger partial charge is 0.496 e. The second kappa shape index (κ2) is 8.45. The topological polar surface area (TPSA) is 38.3 Å². The molecule has 3 rings (SSSR count). The van der Waals surface area contributed by atoms with Crippen molar-refractivity contribution in [2.24, 2.45) is 0 Å². The Morgan fingerprint density at radius 1 is 0.923 bits per heavy atom. The molecule has 0 aliphatic carbocycles. The SMILES string of the molecule is COc1ccc(C(C)=O)cc1CNC(c1ccccc1)c1ccccc1. The molecule has 0 radical (unpaired) electrons. The highest BCUT2D eigenvalue weighted by molar-refractivity contribution is 5.94. The van der Waals surface area contributed by atoms with Crippen LogP contribution >= 0.6 is 0 Å². The fraction of sp³-hybridized carbons (Fsp3) is 0.174. The summed E-state index contributed by atoms with van der Waals surface area (Å²) in [4.78, 5) is 11.7. The summed E-state index contributed by atoms with van der Waals surface area (Å²) >= 11 is 0. The zero-order valence-corrected chi connectivity index (χ0v) is 15.1. The number of hydrogen-bond acceptors (Lipinski definition) is 3. The average molecular weight is 345 g/mol. The average Bonchev–Trinajstić information content (AvgIpc) is 2.69. The van der Waals surface area contributed by atoms with E-state index in [4.69, 9.17) is 4.74 Å². The highest BCUT2D eigenvalue weighted by Crippen LogP contribution is 2.25. The molecule has 0 atom stereocenters. The fourth-order valence-electron chi connectivity index (χ4n) is 3.07. The smallest absolute Gasteiger partial charge is 0.159 e. The number of nitrogens with one attached hydrogen (secondary N) is 1. The van der Waals surface area contributed by atoms with Gasteiger partial charge in [-0.2, -0.15) is 0 Å². The molecule has 0 spiro atoms. The third-order valence-corrected chi connectivity index (χ3v) is 4.45. The molecule has 3 aromatic rings. The molecule has 0 aliphatic heterocycles. The number of methoxy groups -OCH3 is 1. The number of benzene rings is 3. The van der Waals surface area contributed by atoms with Gasteiger partial charge in [-0.15, -0.1) is 0 Å².